The lowest BCUT2D eigenvalue weighted by Gasteiger charge is -2.41. The Bertz CT molecular complexity index is 1420. The zero-order chi connectivity index (χ0) is 24.6. The largest absolute Gasteiger partial charge is 0.345 e. The Kier molecular flexibility index (Phi) is 5.21. The molecule has 2 saturated carbocycles. The summed E-state index contributed by atoms with van der Waals surface area (Å²) in [5.74, 6) is 2.03. The zero-order valence-corrected chi connectivity index (χ0v) is 22.6. The molecule has 7 rings (SSSR count). The minimum absolute atomic E-state index is 0.367. The minimum atomic E-state index is 0.367. The topological polar surface area (TPSA) is 9.86 Å². The van der Waals surface area contributed by atoms with Crippen LogP contribution < -0.4 is 0 Å². The Morgan fingerprint density at radius 3 is 2.06 bits per heavy atom. The molecule has 3 aliphatic rings. The molecule has 0 radical (unpaired) electrons. The van der Waals surface area contributed by atoms with Crippen LogP contribution in [0.15, 0.2) is 54.7 Å². The van der Waals surface area contributed by atoms with Gasteiger partial charge in [-0.15, -0.1) is 0 Å². The van der Waals surface area contributed by atoms with E-state index in [9.17, 15) is 0 Å². The monoisotopic (exact) mass is 478 g/mol. The van der Waals surface area contributed by atoms with Crippen LogP contribution in [0.25, 0.3) is 21.8 Å². The van der Waals surface area contributed by atoms with Crippen molar-refractivity contribution >= 4 is 21.8 Å². The molecule has 2 heterocycles. The van der Waals surface area contributed by atoms with E-state index >= 15 is 0 Å². The molecular weight excluding hydrogens is 436 g/mol. The number of rotatable bonds is 4. The molecule has 0 saturated heterocycles. The highest BCUT2D eigenvalue weighted by Gasteiger charge is 2.59. The average molecular weight is 479 g/mol. The van der Waals surface area contributed by atoms with E-state index in [4.69, 9.17) is 0 Å². The van der Waals surface area contributed by atoms with E-state index in [2.05, 4.69) is 91.6 Å². The van der Waals surface area contributed by atoms with Crippen molar-refractivity contribution in [3.63, 3.8) is 0 Å². The summed E-state index contributed by atoms with van der Waals surface area (Å²) >= 11 is 0. The smallest absolute Gasteiger partial charge is 0.0488 e. The fourth-order valence-electron chi connectivity index (χ4n) is 9.20. The van der Waals surface area contributed by atoms with Gasteiger partial charge >= 0.3 is 0 Å². The second kappa shape index (κ2) is 8.27. The fraction of sp³-hybridized carbons (Fsp3) is 0.529. The van der Waals surface area contributed by atoms with Crippen LogP contribution >= 0.6 is 0 Å². The maximum absolute atomic E-state index is 2.77. The van der Waals surface area contributed by atoms with E-state index in [1.807, 2.05) is 0 Å². The summed E-state index contributed by atoms with van der Waals surface area (Å²) in [6.45, 7) is 9.50. The second-order valence-corrected chi connectivity index (χ2v) is 12.8. The highest BCUT2D eigenvalue weighted by atomic mass is 15.0. The van der Waals surface area contributed by atoms with Gasteiger partial charge in [0.1, 0.15) is 0 Å². The molecule has 0 bridgehead atoms. The summed E-state index contributed by atoms with van der Waals surface area (Å²) in [4.78, 5) is 0. The molecule has 0 N–H and O–H groups in total. The molecule has 2 atom stereocenters. The molecule has 0 aliphatic heterocycles. The van der Waals surface area contributed by atoms with Gasteiger partial charge in [-0.25, -0.2) is 0 Å². The maximum Gasteiger partial charge on any atom is 0.0488 e. The van der Waals surface area contributed by atoms with Crippen molar-refractivity contribution < 1.29 is 0 Å². The van der Waals surface area contributed by atoms with Crippen LogP contribution in [0, 0.1) is 11.3 Å². The quantitative estimate of drug-likeness (QED) is 0.276. The number of benzene rings is 2. The van der Waals surface area contributed by atoms with Crippen molar-refractivity contribution in [2.45, 2.75) is 103 Å². The molecule has 2 heteroatoms. The van der Waals surface area contributed by atoms with E-state index in [0.717, 1.165) is 5.92 Å². The van der Waals surface area contributed by atoms with E-state index in [0.29, 0.717) is 29.3 Å². The van der Waals surface area contributed by atoms with E-state index in [1.54, 1.807) is 22.2 Å². The van der Waals surface area contributed by atoms with Crippen LogP contribution in [0.2, 0.25) is 0 Å². The van der Waals surface area contributed by atoms with Crippen molar-refractivity contribution in [1.82, 2.24) is 9.13 Å². The van der Waals surface area contributed by atoms with Crippen molar-refractivity contribution in [3.05, 3.63) is 71.5 Å². The van der Waals surface area contributed by atoms with Crippen LogP contribution in [0.1, 0.15) is 120 Å². The Balaban J connectivity index is 1.60. The third kappa shape index (κ3) is 2.96. The number of nitrogens with zero attached hydrogens (tertiary/aromatic N) is 2. The van der Waals surface area contributed by atoms with Crippen molar-refractivity contribution in [2.24, 2.45) is 11.3 Å². The summed E-state index contributed by atoms with van der Waals surface area (Å²) < 4.78 is 5.32. The third-order valence-electron chi connectivity index (χ3n) is 10.3. The molecular formula is C34H42N2. The Hall–Kier alpha value is -2.48. The lowest BCUT2D eigenvalue weighted by atomic mass is 9.62. The van der Waals surface area contributed by atoms with Gasteiger partial charge in [0.05, 0.1) is 0 Å². The lowest BCUT2D eigenvalue weighted by Crippen LogP contribution is -2.32. The first kappa shape index (κ1) is 22.7. The Labute approximate surface area is 216 Å². The fourth-order valence-corrected chi connectivity index (χ4v) is 9.20. The molecule has 36 heavy (non-hydrogen) atoms. The van der Waals surface area contributed by atoms with E-state index in [1.165, 1.54) is 67.8 Å². The maximum atomic E-state index is 2.77. The molecule has 1 spiro atoms. The van der Waals surface area contributed by atoms with Gasteiger partial charge in [-0.2, -0.15) is 0 Å². The highest BCUT2D eigenvalue weighted by Crippen LogP contribution is 2.70. The molecule has 0 unspecified atom stereocenters. The predicted molar refractivity (Wildman–Crippen MR) is 152 cm³/mol. The third-order valence-corrected chi connectivity index (χ3v) is 10.3. The minimum Gasteiger partial charge on any atom is -0.345 e. The van der Waals surface area contributed by atoms with Gasteiger partial charge in [0.2, 0.25) is 0 Å². The van der Waals surface area contributed by atoms with Crippen LogP contribution in [-0.4, -0.2) is 9.13 Å². The van der Waals surface area contributed by atoms with Crippen LogP contribution in [0.4, 0.5) is 0 Å². The van der Waals surface area contributed by atoms with Gasteiger partial charge in [0.25, 0.3) is 0 Å². The van der Waals surface area contributed by atoms with Crippen LogP contribution in [-0.2, 0) is 0 Å². The van der Waals surface area contributed by atoms with Gasteiger partial charge in [0.15, 0.2) is 0 Å². The standard InChI is InChI=1S/C34H42N2/c1-22(2)35-21-27(25-15-7-9-17-28(25)35)32-33-30(26-16-8-10-18-29(26)36(33)23(3)4)31(24-13-5-6-14-24)34(32)19-11-12-20-34/h7-10,15-18,21-24,31-32H,5-6,11-14,19-20H2,1-4H3/t31-,32-/m0/s1. The first-order valence-electron chi connectivity index (χ1n) is 14.7. The highest BCUT2D eigenvalue weighted by molar-refractivity contribution is 5.90. The number of para-hydroxylation sites is 2. The second-order valence-electron chi connectivity index (χ2n) is 12.8. The average Bonchev–Trinajstić information content (AvgIpc) is 3.68. The van der Waals surface area contributed by atoms with Crippen LogP contribution in [0.5, 0.6) is 0 Å². The van der Waals surface area contributed by atoms with Crippen molar-refractivity contribution in [2.75, 3.05) is 0 Å². The van der Waals surface area contributed by atoms with Crippen molar-refractivity contribution in [3.8, 4) is 0 Å². The molecule has 3 aliphatic carbocycles. The van der Waals surface area contributed by atoms with E-state index in [-0.39, 0.29) is 0 Å². The number of hydrogen-bond acceptors (Lipinski definition) is 0. The molecule has 4 aromatic rings. The van der Waals surface area contributed by atoms with Gasteiger partial charge < -0.3 is 9.13 Å². The van der Waals surface area contributed by atoms with Gasteiger partial charge in [-0.3, -0.25) is 0 Å². The first-order valence-corrected chi connectivity index (χ1v) is 14.7. The molecule has 0 amide bonds. The van der Waals surface area contributed by atoms with E-state index < -0.39 is 0 Å². The molecule has 2 aromatic carbocycles. The summed E-state index contributed by atoms with van der Waals surface area (Å²) in [7, 11) is 0. The van der Waals surface area contributed by atoms with Crippen molar-refractivity contribution in [1.29, 1.82) is 0 Å². The summed E-state index contributed by atoms with van der Waals surface area (Å²) in [5.41, 5.74) is 8.27. The molecule has 188 valence electrons. The summed E-state index contributed by atoms with van der Waals surface area (Å²) in [6.07, 6.45) is 13.8. The SMILES string of the molecule is CC(C)n1cc([C@H]2c3c(c4ccccc4n3C(C)C)[C@H](C3CCCC3)C23CCCC3)c2ccccc21. The zero-order valence-electron chi connectivity index (χ0n) is 22.6. The summed E-state index contributed by atoms with van der Waals surface area (Å²) in [6, 6.07) is 19.6. The number of aromatic nitrogens is 2. The molecule has 2 fully saturated rings. The molecule has 2 nitrogen and oxygen atoms in total. The normalized spacial score (nSPS) is 23.8. The van der Waals surface area contributed by atoms with Gasteiger partial charge in [0, 0.05) is 51.7 Å². The summed E-state index contributed by atoms with van der Waals surface area (Å²) in [5, 5.41) is 3.04. The van der Waals surface area contributed by atoms with Gasteiger partial charge in [-0.05, 0) is 93.9 Å². The van der Waals surface area contributed by atoms with Crippen LogP contribution in [0.3, 0.4) is 0 Å². The Morgan fingerprint density at radius 1 is 0.750 bits per heavy atom. The first-order chi connectivity index (χ1) is 17.5. The predicted octanol–water partition coefficient (Wildman–Crippen LogP) is 9.74. The molecule has 2 aromatic heterocycles. The number of hydrogen-bond donors (Lipinski definition) is 0. The number of fused-ring (bicyclic) bond motifs is 4. The lowest BCUT2D eigenvalue weighted by molar-refractivity contribution is 0.169. The Morgan fingerprint density at radius 2 is 1.39 bits per heavy atom. The van der Waals surface area contributed by atoms with Gasteiger partial charge in [-0.1, -0.05) is 62.1 Å².